The van der Waals surface area contributed by atoms with E-state index < -0.39 is 0 Å². The third-order valence-corrected chi connectivity index (χ3v) is 4.69. The lowest BCUT2D eigenvalue weighted by molar-refractivity contribution is -0.136. The van der Waals surface area contributed by atoms with Crippen LogP contribution in [0.5, 0.6) is 5.75 Å². The zero-order chi connectivity index (χ0) is 15.9. The van der Waals surface area contributed by atoms with E-state index in [1.807, 2.05) is 47.5 Å². The van der Waals surface area contributed by atoms with Crippen LogP contribution < -0.4 is 4.74 Å². The Balaban J connectivity index is 2.21. The van der Waals surface area contributed by atoms with Gasteiger partial charge in [-0.25, -0.2) is 0 Å². The van der Waals surface area contributed by atoms with Crippen molar-refractivity contribution in [3.05, 3.63) is 52.2 Å². The molecule has 2 aromatic rings. The highest BCUT2D eigenvalue weighted by Gasteiger charge is 2.21. The van der Waals surface area contributed by atoms with Gasteiger partial charge in [-0.1, -0.05) is 38.1 Å². The maximum absolute atomic E-state index is 12.7. The van der Waals surface area contributed by atoms with Gasteiger partial charge in [0.15, 0.2) is 0 Å². The van der Waals surface area contributed by atoms with Crippen LogP contribution >= 0.6 is 11.3 Å². The molecular weight excluding hydrogens is 294 g/mol. The Labute approximate surface area is 136 Å². The molecule has 1 amide bonds. The van der Waals surface area contributed by atoms with Crippen molar-refractivity contribution in [3.8, 4) is 5.75 Å². The molecule has 1 aromatic carbocycles. The van der Waals surface area contributed by atoms with Gasteiger partial charge in [-0.15, -0.1) is 11.3 Å². The lowest BCUT2D eigenvalue weighted by Crippen LogP contribution is -2.34. The van der Waals surface area contributed by atoms with Crippen molar-refractivity contribution in [2.45, 2.75) is 33.4 Å². The molecule has 4 heteroatoms. The highest BCUT2D eigenvalue weighted by Crippen LogP contribution is 2.23. The van der Waals surface area contributed by atoms with E-state index in [1.54, 1.807) is 18.4 Å². The maximum Gasteiger partial charge on any atom is 0.226 e. The molecule has 1 heterocycles. The number of benzene rings is 1. The number of rotatable bonds is 7. The quantitative estimate of drug-likeness (QED) is 0.760. The highest BCUT2D eigenvalue weighted by atomic mass is 32.1. The van der Waals surface area contributed by atoms with Gasteiger partial charge in [0.2, 0.25) is 5.91 Å². The van der Waals surface area contributed by atoms with Gasteiger partial charge in [0.1, 0.15) is 5.75 Å². The van der Waals surface area contributed by atoms with Gasteiger partial charge in [0.25, 0.3) is 0 Å². The number of hydrogen-bond donors (Lipinski definition) is 0. The molecule has 1 aromatic heterocycles. The Bertz CT molecular complexity index is 595. The Morgan fingerprint density at radius 1 is 1.23 bits per heavy atom. The third-order valence-electron chi connectivity index (χ3n) is 3.83. The summed E-state index contributed by atoms with van der Waals surface area (Å²) in [6.07, 6.45) is 0.853. The van der Waals surface area contributed by atoms with E-state index in [-0.39, 0.29) is 11.8 Å². The first-order chi connectivity index (χ1) is 10.7. The summed E-state index contributed by atoms with van der Waals surface area (Å²) in [7, 11) is 1.67. The Hall–Kier alpha value is -1.81. The topological polar surface area (TPSA) is 29.5 Å². The lowest BCUT2D eigenvalue weighted by Gasteiger charge is -2.26. The van der Waals surface area contributed by atoms with Gasteiger partial charge in [-0.05, 0) is 23.9 Å². The Morgan fingerprint density at radius 3 is 2.64 bits per heavy atom. The average molecular weight is 317 g/mol. The number of thiophene rings is 1. The summed E-state index contributed by atoms with van der Waals surface area (Å²) >= 11 is 1.68. The molecule has 0 aliphatic carbocycles. The molecule has 1 atom stereocenters. The SMILES string of the molecule is CCC(C)C(=O)N(Cc1cccs1)Cc1ccccc1OC. The Kier molecular flexibility index (Phi) is 6.01. The van der Waals surface area contributed by atoms with Gasteiger partial charge in [0, 0.05) is 22.9 Å². The van der Waals surface area contributed by atoms with Gasteiger partial charge in [-0.2, -0.15) is 0 Å². The molecule has 118 valence electrons. The van der Waals surface area contributed by atoms with Gasteiger partial charge in [-0.3, -0.25) is 4.79 Å². The van der Waals surface area contributed by atoms with Crippen LogP contribution in [-0.2, 0) is 17.9 Å². The van der Waals surface area contributed by atoms with E-state index in [4.69, 9.17) is 4.74 Å². The molecule has 22 heavy (non-hydrogen) atoms. The molecule has 2 rings (SSSR count). The van der Waals surface area contributed by atoms with Crippen molar-refractivity contribution in [2.24, 2.45) is 5.92 Å². The van der Waals surface area contributed by atoms with Crippen molar-refractivity contribution in [3.63, 3.8) is 0 Å². The number of amides is 1. The standard InChI is InChI=1S/C18H23NO2S/c1-4-14(2)18(20)19(13-16-9-7-11-22-16)12-15-8-5-6-10-17(15)21-3/h5-11,14H,4,12-13H2,1-3H3. The monoisotopic (exact) mass is 317 g/mol. The van der Waals surface area contributed by atoms with E-state index >= 15 is 0 Å². The zero-order valence-corrected chi connectivity index (χ0v) is 14.2. The second-order valence-electron chi connectivity index (χ2n) is 5.39. The molecule has 0 fully saturated rings. The molecular formula is C18H23NO2S. The summed E-state index contributed by atoms with van der Waals surface area (Å²) < 4.78 is 5.41. The summed E-state index contributed by atoms with van der Waals surface area (Å²) in [4.78, 5) is 15.8. The predicted molar refractivity (Wildman–Crippen MR) is 91.0 cm³/mol. The number of carbonyl (C=O) groups is 1. The molecule has 0 spiro atoms. The zero-order valence-electron chi connectivity index (χ0n) is 13.4. The Morgan fingerprint density at radius 2 is 2.00 bits per heavy atom. The number of ether oxygens (including phenoxy) is 1. The van der Waals surface area contributed by atoms with Crippen molar-refractivity contribution in [2.75, 3.05) is 7.11 Å². The second-order valence-corrected chi connectivity index (χ2v) is 6.43. The number of methoxy groups -OCH3 is 1. The minimum atomic E-state index is 0.0367. The van der Waals surface area contributed by atoms with Gasteiger partial charge >= 0.3 is 0 Å². The fourth-order valence-corrected chi connectivity index (χ4v) is 3.05. The molecule has 0 saturated heterocycles. The first kappa shape index (κ1) is 16.6. The van der Waals surface area contributed by atoms with Crippen molar-refractivity contribution in [1.29, 1.82) is 0 Å². The largest absolute Gasteiger partial charge is 0.496 e. The van der Waals surface area contributed by atoms with E-state index in [9.17, 15) is 4.79 Å². The molecule has 0 saturated carbocycles. The van der Waals surface area contributed by atoms with E-state index in [0.717, 1.165) is 17.7 Å². The smallest absolute Gasteiger partial charge is 0.226 e. The molecule has 0 aliphatic heterocycles. The minimum Gasteiger partial charge on any atom is -0.496 e. The van der Waals surface area contributed by atoms with Crippen LogP contribution in [-0.4, -0.2) is 17.9 Å². The van der Waals surface area contributed by atoms with Crippen LogP contribution in [0.2, 0.25) is 0 Å². The molecule has 0 radical (unpaired) electrons. The van der Waals surface area contributed by atoms with Crippen LogP contribution in [0.4, 0.5) is 0 Å². The van der Waals surface area contributed by atoms with Crippen molar-refractivity contribution >= 4 is 17.2 Å². The van der Waals surface area contributed by atoms with Crippen LogP contribution in [0.1, 0.15) is 30.7 Å². The summed E-state index contributed by atoms with van der Waals surface area (Å²) in [6.45, 7) is 5.27. The number of nitrogens with zero attached hydrogens (tertiary/aromatic N) is 1. The third kappa shape index (κ3) is 4.10. The molecule has 0 bridgehead atoms. The maximum atomic E-state index is 12.7. The van der Waals surface area contributed by atoms with Crippen molar-refractivity contribution < 1.29 is 9.53 Å². The van der Waals surface area contributed by atoms with Crippen LogP contribution in [0.25, 0.3) is 0 Å². The molecule has 0 N–H and O–H groups in total. The lowest BCUT2D eigenvalue weighted by atomic mass is 10.1. The summed E-state index contributed by atoms with van der Waals surface area (Å²) in [6, 6.07) is 12.0. The molecule has 1 unspecified atom stereocenters. The summed E-state index contributed by atoms with van der Waals surface area (Å²) in [5.41, 5.74) is 1.04. The van der Waals surface area contributed by atoms with E-state index in [0.29, 0.717) is 13.1 Å². The predicted octanol–water partition coefficient (Wildman–Crippen LogP) is 4.33. The van der Waals surface area contributed by atoms with E-state index in [1.165, 1.54) is 4.88 Å². The fraction of sp³-hybridized carbons (Fsp3) is 0.389. The molecule has 3 nitrogen and oxygen atoms in total. The van der Waals surface area contributed by atoms with Crippen LogP contribution in [0.3, 0.4) is 0 Å². The second kappa shape index (κ2) is 7.99. The normalized spacial score (nSPS) is 12.0. The fourth-order valence-electron chi connectivity index (χ4n) is 2.33. The number of hydrogen-bond acceptors (Lipinski definition) is 3. The highest BCUT2D eigenvalue weighted by molar-refractivity contribution is 7.09. The minimum absolute atomic E-state index is 0.0367. The van der Waals surface area contributed by atoms with Crippen LogP contribution in [0, 0.1) is 5.92 Å². The first-order valence-electron chi connectivity index (χ1n) is 7.58. The van der Waals surface area contributed by atoms with Gasteiger partial charge in [0.05, 0.1) is 13.7 Å². The molecule has 0 aliphatic rings. The average Bonchev–Trinajstić information content (AvgIpc) is 3.06. The van der Waals surface area contributed by atoms with Crippen molar-refractivity contribution in [1.82, 2.24) is 4.90 Å². The number of para-hydroxylation sites is 1. The van der Waals surface area contributed by atoms with Gasteiger partial charge < -0.3 is 9.64 Å². The summed E-state index contributed by atoms with van der Waals surface area (Å²) in [5.74, 6) is 1.06. The first-order valence-corrected chi connectivity index (χ1v) is 8.46. The van der Waals surface area contributed by atoms with Crippen LogP contribution in [0.15, 0.2) is 41.8 Å². The summed E-state index contributed by atoms with van der Waals surface area (Å²) in [5, 5.41) is 2.05. The van der Waals surface area contributed by atoms with E-state index in [2.05, 4.69) is 13.0 Å². The number of carbonyl (C=O) groups excluding carboxylic acids is 1.